The van der Waals surface area contributed by atoms with Gasteiger partial charge in [-0.15, -0.1) is 0 Å². The van der Waals surface area contributed by atoms with E-state index in [1.165, 1.54) is 23.3 Å². The van der Waals surface area contributed by atoms with Crippen LogP contribution in [-0.4, -0.2) is 5.97 Å². The van der Waals surface area contributed by atoms with Gasteiger partial charge < -0.3 is 9.15 Å². The summed E-state index contributed by atoms with van der Waals surface area (Å²) in [7, 11) is 0. The summed E-state index contributed by atoms with van der Waals surface area (Å²) in [5.41, 5.74) is 3.83. The van der Waals surface area contributed by atoms with Crippen molar-refractivity contribution in [1.29, 1.82) is 0 Å². The van der Waals surface area contributed by atoms with Crippen LogP contribution >= 0.6 is 23.2 Å². The van der Waals surface area contributed by atoms with E-state index >= 15 is 0 Å². The molecule has 0 N–H and O–H groups in total. The first-order valence-corrected chi connectivity index (χ1v) is 9.63. The molecule has 0 unspecified atom stereocenters. The number of benzene rings is 2. The van der Waals surface area contributed by atoms with Crippen LogP contribution in [0.4, 0.5) is 0 Å². The van der Waals surface area contributed by atoms with Crippen LogP contribution in [0.5, 0.6) is 0 Å². The van der Waals surface area contributed by atoms with Crippen molar-refractivity contribution in [1.82, 2.24) is 0 Å². The third-order valence-corrected chi connectivity index (χ3v) is 5.34. The molecule has 0 spiro atoms. The summed E-state index contributed by atoms with van der Waals surface area (Å²) in [6.07, 6.45) is 5.95. The zero-order chi connectivity index (χ0) is 19.7. The van der Waals surface area contributed by atoms with E-state index in [-0.39, 0.29) is 6.61 Å². The molecule has 28 heavy (non-hydrogen) atoms. The van der Waals surface area contributed by atoms with Crippen LogP contribution in [-0.2, 0) is 29.0 Å². The van der Waals surface area contributed by atoms with Crippen LogP contribution in [0.15, 0.2) is 51.7 Å². The SMILES string of the molecule is O=C(/C=C/c1ccc(Cl)cc1Cl)OCc1cc(=O)oc2cc3c(cc12)CCC3. The summed E-state index contributed by atoms with van der Waals surface area (Å²) in [4.78, 5) is 24.0. The normalized spacial score (nSPS) is 13.2. The molecule has 0 bridgehead atoms. The Balaban J connectivity index is 1.53. The first-order valence-electron chi connectivity index (χ1n) is 8.88. The lowest BCUT2D eigenvalue weighted by Crippen LogP contribution is -2.06. The van der Waals surface area contributed by atoms with Crippen molar-refractivity contribution >= 4 is 46.2 Å². The van der Waals surface area contributed by atoms with Gasteiger partial charge in [-0.3, -0.25) is 0 Å². The van der Waals surface area contributed by atoms with Gasteiger partial charge >= 0.3 is 11.6 Å². The maximum absolute atomic E-state index is 12.1. The number of ether oxygens (including phenoxy) is 1. The summed E-state index contributed by atoms with van der Waals surface area (Å²) >= 11 is 11.9. The van der Waals surface area contributed by atoms with Crippen LogP contribution in [0.1, 0.15) is 28.7 Å². The summed E-state index contributed by atoms with van der Waals surface area (Å²) in [6.45, 7) is -0.0155. The maximum Gasteiger partial charge on any atom is 0.336 e. The molecule has 1 heterocycles. The quantitative estimate of drug-likeness (QED) is 0.328. The minimum Gasteiger partial charge on any atom is -0.458 e. The topological polar surface area (TPSA) is 56.5 Å². The van der Waals surface area contributed by atoms with Gasteiger partial charge in [0.15, 0.2) is 0 Å². The second kappa shape index (κ2) is 7.82. The van der Waals surface area contributed by atoms with E-state index in [0.29, 0.717) is 26.8 Å². The Morgan fingerprint density at radius 2 is 1.89 bits per heavy atom. The number of hydrogen-bond donors (Lipinski definition) is 0. The van der Waals surface area contributed by atoms with Gasteiger partial charge in [-0.2, -0.15) is 0 Å². The lowest BCUT2D eigenvalue weighted by molar-refractivity contribution is -0.138. The van der Waals surface area contributed by atoms with E-state index in [1.54, 1.807) is 24.3 Å². The van der Waals surface area contributed by atoms with Crippen molar-refractivity contribution in [2.24, 2.45) is 0 Å². The molecule has 0 amide bonds. The number of esters is 1. The van der Waals surface area contributed by atoms with E-state index in [0.717, 1.165) is 24.6 Å². The Morgan fingerprint density at radius 3 is 2.68 bits per heavy atom. The number of halogens is 2. The molecular weight excluding hydrogens is 399 g/mol. The molecule has 142 valence electrons. The number of aryl methyl sites for hydroxylation is 2. The maximum atomic E-state index is 12.1. The van der Waals surface area contributed by atoms with E-state index in [2.05, 4.69) is 0 Å². The molecule has 1 aromatic heterocycles. The number of hydrogen-bond acceptors (Lipinski definition) is 4. The zero-order valence-electron chi connectivity index (χ0n) is 14.8. The van der Waals surface area contributed by atoms with Gasteiger partial charge in [0.2, 0.25) is 0 Å². The molecule has 0 fully saturated rings. The molecule has 6 heteroatoms. The fourth-order valence-electron chi connectivity index (χ4n) is 3.41. The first kappa shape index (κ1) is 18.8. The van der Waals surface area contributed by atoms with Crippen LogP contribution in [0.2, 0.25) is 10.0 Å². The van der Waals surface area contributed by atoms with Crippen molar-refractivity contribution in [2.45, 2.75) is 25.9 Å². The average molecular weight is 415 g/mol. The molecular formula is C22H16Cl2O4. The predicted molar refractivity (Wildman–Crippen MR) is 110 cm³/mol. The molecule has 1 aliphatic rings. The van der Waals surface area contributed by atoms with E-state index in [4.69, 9.17) is 32.4 Å². The molecule has 0 saturated heterocycles. The molecule has 0 aliphatic heterocycles. The molecule has 0 saturated carbocycles. The van der Waals surface area contributed by atoms with Gasteiger partial charge in [0, 0.05) is 33.1 Å². The highest BCUT2D eigenvalue weighted by Gasteiger charge is 2.15. The molecule has 0 radical (unpaired) electrons. The van der Waals surface area contributed by atoms with Crippen LogP contribution in [0, 0.1) is 0 Å². The summed E-state index contributed by atoms with van der Waals surface area (Å²) in [6, 6.07) is 10.3. The molecule has 0 atom stereocenters. The minimum atomic E-state index is -0.534. The molecule has 4 rings (SSSR count). The first-order chi connectivity index (χ1) is 13.5. The van der Waals surface area contributed by atoms with Gasteiger partial charge in [0.05, 0.1) is 0 Å². The van der Waals surface area contributed by atoms with Crippen molar-refractivity contribution < 1.29 is 13.9 Å². The second-order valence-electron chi connectivity index (χ2n) is 6.67. The fraction of sp³-hybridized carbons (Fsp3) is 0.182. The van der Waals surface area contributed by atoms with Crippen LogP contribution in [0.25, 0.3) is 17.0 Å². The van der Waals surface area contributed by atoms with E-state index in [9.17, 15) is 9.59 Å². The lowest BCUT2D eigenvalue weighted by Gasteiger charge is -2.08. The number of fused-ring (bicyclic) bond motifs is 2. The van der Waals surface area contributed by atoms with Gasteiger partial charge in [0.1, 0.15) is 12.2 Å². The standard InChI is InChI=1S/C22H16Cl2O4/c23-17-6-4-13(19(24)11-17)5-7-21(25)27-12-16-10-22(26)28-20-9-15-3-1-2-14(15)8-18(16)20/h4-11H,1-3,12H2/b7-5+. The van der Waals surface area contributed by atoms with Gasteiger partial charge in [-0.05, 0) is 66.3 Å². The van der Waals surface area contributed by atoms with Crippen molar-refractivity contribution in [3.63, 3.8) is 0 Å². The number of rotatable bonds is 4. The van der Waals surface area contributed by atoms with Gasteiger partial charge in [-0.25, -0.2) is 9.59 Å². The van der Waals surface area contributed by atoms with Gasteiger partial charge in [0.25, 0.3) is 0 Å². The second-order valence-corrected chi connectivity index (χ2v) is 7.51. The van der Waals surface area contributed by atoms with E-state index in [1.807, 2.05) is 12.1 Å². The molecule has 1 aliphatic carbocycles. The Labute approximate surface area is 171 Å². The van der Waals surface area contributed by atoms with Crippen molar-refractivity contribution in [3.05, 3.63) is 85.2 Å². The number of carbonyl (C=O) groups excluding carboxylic acids is 1. The average Bonchev–Trinajstić information content (AvgIpc) is 3.11. The lowest BCUT2D eigenvalue weighted by atomic mass is 10.0. The Hall–Kier alpha value is -2.56. The monoisotopic (exact) mass is 414 g/mol. The van der Waals surface area contributed by atoms with Crippen LogP contribution in [0.3, 0.4) is 0 Å². The third kappa shape index (κ3) is 3.98. The summed E-state index contributed by atoms with van der Waals surface area (Å²) < 4.78 is 10.6. The third-order valence-electron chi connectivity index (χ3n) is 4.77. The summed E-state index contributed by atoms with van der Waals surface area (Å²) in [5, 5.41) is 1.76. The molecule has 4 nitrogen and oxygen atoms in total. The van der Waals surface area contributed by atoms with Crippen molar-refractivity contribution in [3.8, 4) is 0 Å². The molecule has 3 aromatic rings. The fourth-order valence-corrected chi connectivity index (χ4v) is 3.88. The smallest absolute Gasteiger partial charge is 0.336 e. The van der Waals surface area contributed by atoms with Crippen LogP contribution < -0.4 is 5.63 Å². The minimum absolute atomic E-state index is 0.0155. The zero-order valence-corrected chi connectivity index (χ0v) is 16.3. The largest absolute Gasteiger partial charge is 0.458 e. The molecule has 2 aromatic carbocycles. The van der Waals surface area contributed by atoms with Gasteiger partial charge in [-0.1, -0.05) is 29.3 Å². The number of carbonyl (C=O) groups is 1. The Kier molecular flexibility index (Phi) is 5.25. The van der Waals surface area contributed by atoms with E-state index < -0.39 is 11.6 Å². The highest BCUT2D eigenvalue weighted by atomic mass is 35.5. The summed E-state index contributed by atoms with van der Waals surface area (Å²) in [5.74, 6) is -0.534. The van der Waals surface area contributed by atoms with Crippen molar-refractivity contribution in [2.75, 3.05) is 0 Å². The highest BCUT2D eigenvalue weighted by molar-refractivity contribution is 6.35. The Bertz CT molecular complexity index is 1160. The highest BCUT2D eigenvalue weighted by Crippen LogP contribution is 2.29. The predicted octanol–water partition coefficient (Wildman–Crippen LogP) is 5.35. The Morgan fingerprint density at radius 1 is 1.11 bits per heavy atom.